The number of benzene rings is 1. The molecule has 0 unspecified atom stereocenters. The van der Waals surface area contributed by atoms with Crippen LogP contribution in [0.5, 0.6) is 0 Å². The Labute approximate surface area is 121 Å². The van der Waals surface area contributed by atoms with Gasteiger partial charge in [0.15, 0.2) is 0 Å². The van der Waals surface area contributed by atoms with Gasteiger partial charge in [-0.15, -0.1) is 11.3 Å². The largest absolute Gasteiger partial charge is 0.366 e. The molecule has 0 saturated heterocycles. The third kappa shape index (κ3) is 2.83. The Kier molecular flexibility index (Phi) is 3.82. The topological polar surface area (TPSA) is 89.3 Å². The van der Waals surface area contributed by atoms with Crippen molar-refractivity contribution >= 4 is 33.0 Å². The number of nitrogens with two attached hydrogens (primary N) is 1. The van der Waals surface area contributed by atoms with Crippen LogP contribution in [-0.4, -0.2) is 14.3 Å². The molecule has 3 N–H and O–H groups in total. The zero-order chi connectivity index (χ0) is 14.9. The number of rotatable bonds is 4. The number of amides is 1. The molecule has 106 valence electrons. The van der Waals surface area contributed by atoms with Crippen molar-refractivity contribution in [3.8, 4) is 0 Å². The van der Waals surface area contributed by atoms with Gasteiger partial charge in [-0.2, -0.15) is 0 Å². The van der Waals surface area contributed by atoms with Crippen LogP contribution in [0.3, 0.4) is 0 Å². The molecule has 0 spiro atoms. The molecule has 0 aliphatic heterocycles. The molecular formula is C13H14N2O3S2. The SMILES string of the molecule is Cc1cc(S(=O)(=O)Nc2ccccc2C(N)=O)c(C)s1. The van der Waals surface area contributed by atoms with Gasteiger partial charge in [-0.1, -0.05) is 12.1 Å². The van der Waals surface area contributed by atoms with E-state index in [9.17, 15) is 13.2 Å². The fourth-order valence-corrected chi connectivity index (χ4v) is 4.50. The van der Waals surface area contributed by atoms with Crippen molar-refractivity contribution in [1.29, 1.82) is 0 Å². The van der Waals surface area contributed by atoms with Gasteiger partial charge in [0.05, 0.1) is 11.3 Å². The van der Waals surface area contributed by atoms with E-state index in [4.69, 9.17) is 5.73 Å². The highest BCUT2D eigenvalue weighted by Crippen LogP contribution is 2.27. The molecule has 2 aromatic rings. The second-order valence-corrected chi connectivity index (χ2v) is 7.40. The van der Waals surface area contributed by atoms with E-state index in [0.717, 1.165) is 4.88 Å². The maximum atomic E-state index is 12.4. The van der Waals surface area contributed by atoms with E-state index in [1.54, 1.807) is 25.1 Å². The van der Waals surface area contributed by atoms with Crippen molar-refractivity contribution in [2.45, 2.75) is 18.7 Å². The number of thiophene rings is 1. The Bertz CT molecular complexity index is 764. The van der Waals surface area contributed by atoms with Crippen molar-refractivity contribution in [2.75, 3.05) is 4.72 Å². The van der Waals surface area contributed by atoms with Crippen LogP contribution in [0, 0.1) is 13.8 Å². The molecule has 20 heavy (non-hydrogen) atoms. The summed E-state index contributed by atoms with van der Waals surface area (Å²) in [4.78, 5) is 13.1. The predicted molar refractivity (Wildman–Crippen MR) is 79.6 cm³/mol. The average molecular weight is 310 g/mol. The molecule has 0 atom stereocenters. The van der Waals surface area contributed by atoms with Gasteiger partial charge in [0.25, 0.3) is 15.9 Å². The minimum atomic E-state index is -3.73. The zero-order valence-corrected chi connectivity index (χ0v) is 12.6. The minimum Gasteiger partial charge on any atom is -0.366 e. The molecule has 0 saturated carbocycles. The molecule has 1 aromatic carbocycles. The number of aryl methyl sites for hydroxylation is 2. The molecule has 2 rings (SSSR count). The van der Waals surface area contributed by atoms with Crippen LogP contribution in [0.2, 0.25) is 0 Å². The van der Waals surface area contributed by atoms with Crippen LogP contribution >= 0.6 is 11.3 Å². The second kappa shape index (κ2) is 5.26. The van der Waals surface area contributed by atoms with E-state index < -0.39 is 15.9 Å². The number of hydrogen-bond acceptors (Lipinski definition) is 4. The van der Waals surface area contributed by atoms with Crippen LogP contribution in [0.1, 0.15) is 20.1 Å². The Hall–Kier alpha value is -1.86. The van der Waals surface area contributed by atoms with Crippen molar-refractivity contribution in [1.82, 2.24) is 0 Å². The fraction of sp³-hybridized carbons (Fsp3) is 0.154. The van der Waals surface area contributed by atoms with Crippen molar-refractivity contribution < 1.29 is 13.2 Å². The van der Waals surface area contributed by atoms with Gasteiger partial charge in [-0.05, 0) is 32.0 Å². The summed E-state index contributed by atoms with van der Waals surface area (Å²) >= 11 is 1.41. The van der Waals surface area contributed by atoms with Gasteiger partial charge < -0.3 is 5.73 Å². The maximum absolute atomic E-state index is 12.4. The van der Waals surface area contributed by atoms with Crippen LogP contribution < -0.4 is 10.5 Å². The zero-order valence-electron chi connectivity index (χ0n) is 11.0. The number of primary amides is 1. The average Bonchev–Trinajstić information content (AvgIpc) is 2.69. The second-order valence-electron chi connectivity index (χ2n) is 4.29. The first kappa shape index (κ1) is 14.5. The van der Waals surface area contributed by atoms with Crippen LogP contribution in [0.25, 0.3) is 0 Å². The maximum Gasteiger partial charge on any atom is 0.263 e. The molecule has 1 aromatic heterocycles. The van der Waals surface area contributed by atoms with Gasteiger partial charge in [0.2, 0.25) is 0 Å². The number of carbonyl (C=O) groups excluding carboxylic acids is 1. The molecule has 7 heteroatoms. The lowest BCUT2D eigenvalue weighted by Crippen LogP contribution is -2.18. The molecule has 0 radical (unpaired) electrons. The Morgan fingerprint density at radius 1 is 1.25 bits per heavy atom. The molecule has 0 bridgehead atoms. The first-order valence-electron chi connectivity index (χ1n) is 5.80. The Morgan fingerprint density at radius 2 is 1.90 bits per heavy atom. The van der Waals surface area contributed by atoms with Crippen LogP contribution in [-0.2, 0) is 10.0 Å². The predicted octanol–water partition coefficient (Wildman–Crippen LogP) is 2.26. The van der Waals surface area contributed by atoms with Crippen molar-refractivity contribution in [2.24, 2.45) is 5.73 Å². The summed E-state index contributed by atoms with van der Waals surface area (Å²) in [7, 11) is -3.73. The number of hydrogen-bond donors (Lipinski definition) is 2. The minimum absolute atomic E-state index is 0.140. The Balaban J connectivity index is 2.44. The molecule has 0 aliphatic rings. The lowest BCUT2D eigenvalue weighted by molar-refractivity contribution is 0.100. The van der Waals surface area contributed by atoms with Crippen molar-refractivity contribution in [3.63, 3.8) is 0 Å². The fourth-order valence-electron chi connectivity index (χ4n) is 1.86. The summed E-state index contributed by atoms with van der Waals surface area (Å²) in [5.41, 5.74) is 5.56. The van der Waals surface area contributed by atoms with E-state index in [-0.39, 0.29) is 16.1 Å². The van der Waals surface area contributed by atoms with E-state index >= 15 is 0 Å². The van der Waals surface area contributed by atoms with E-state index in [1.807, 2.05) is 6.92 Å². The Morgan fingerprint density at radius 3 is 2.45 bits per heavy atom. The standard InChI is InChI=1S/C13H14N2O3S2/c1-8-7-12(9(2)19-8)20(17,18)15-11-6-4-3-5-10(11)13(14)16/h3-7,15H,1-2H3,(H2,14,16). The van der Waals surface area contributed by atoms with Gasteiger partial charge in [0, 0.05) is 9.75 Å². The quantitative estimate of drug-likeness (QED) is 0.907. The normalized spacial score (nSPS) is 11.3. The van der Waals surface area contributed by atoms with E-state index in [2.05, 4.69) is 4.72 Å². The van der Waals surface area contributed by atoms with Gasteiger partial charge in [-0.3, -0.25) is 9.52 Å². The first-order chi connectivity index (χ1) is 9.31. The highest BCUT2D eigenvalue weighted by molar-refractivity contribution is 7.93. The third-order valence-corrected chi connectivity index (χ3v) is 5.31. The van der Waals surface area contributed by atoms with Crippen LogP contribution in [0.15, 0.2) is 35.2 Å². The summed E-state index contributed by atoms with van der Waals surface area (Å²) in [5.74, 6) is -0.679. The van der Waals surface area contributed by atoms with E-state index in [1.165, 1.54) is 23.5 Å². The molecule has 5 nitrogen and oxygen atoms in total. The van der Waals surface area contributed by atoms with Gasteiger partial charge >= 0.3 is 0 Å². The molecule has 0 fully saturated rings. The summed E-state index contributed by atoms with van der Waals surface area (Å²) in [6, 6.07) is 7.85. The lowest BCUT2D eigenvalue weighted by Gasteiger charge is -2.10. The number of sulfonamides is 1. The third-order valence-electron chi connectivity index (χ3n) is 2.72. The molecule has 0 aliphatic carbocycles. The lowest BCUT2D eigenvalue weighted by atomic mass is 10.2. The van der Waals surface area contributed by atoms with Crippen LogP contribution in [0.4, 0.5) is 5.69 Å². The number of anilines is 1. The summed E-state index contributed by atoms with van der Waals surface area (Å²) in [6.45, 7) is 3.58. The number of carbonyl (C=O) groups is 1. The molecular weight excluding hydrogens is 296 g/mol. The van der Waals surface area contributed by atoms with Gasteiger partial charge in [0.1, 0.15) is 4.90 Å². The smallest absolute Gasteiger partial charge is 0.263 e. The number of para-hydroxylation sites is 1. The first-order valence-corrected chi connectivity index (χ1v) is 8.10. The summed E-state index contributed by atoms with van der Waals surface area (Å²) in [5, 5.41) is 0. The number of nitrogens with one attached hydrogen (secondary N) is 1. The molecule has 1 amide bonds. The summed E-state index contributed by atoms with van der Waals surface area (Å²) in [6.07, 6.45) is 0. The summed E-state index contributed by atoms with van der Waals surface area (Å²) < 4.78 is 27.1. The van der Waals surface area contributed by atoms with Gasteiger partial charge in [-0.25, -0.2) is 8.42 Å². The van der Waals surface area contributed by atoms with E-state index in [0.29, 0.717) is 4.88 Å². The highest BCUT2D eigenvalue weighted by atomic mass is 32.2. The monoisotopic (exact) mass is 310 g/mol. The van der Waals surface area contributed by atoms with Crippen molar-refractivity contribution in [3.05, 3.63) is 45.6 Å². The molecule has 1 heterocycles. The highest BCUT2D eigenvalue weighted by Gasteiger charge is 2.21.